The molecule has 1 aromatic heterocycles. The summed E-state index contributed by atoms with van der Waals surface area (Å²) >= 11 is 0. The molecule has 0 saturated carbocycles. The topological polar surface area (TPSA) is 138 Å². The van der Waals surface area contributed by atoms with Crippen LogP contribution in [0.15, 0.2) is 27.4 Å². The molecule has 9 nitrogen and oxygen atoms in total. The van der Waals surface area contributed by atoms with Gasteiger partial charge in [0.25, 0.3) is 5.91 Å². The Balaban J connectivity index is 1.97. The molecule has 1 heterocycles. The third-order valence-corrected chi connectivity index (χ3v) is 4.62. The number of benzene rings is 1. The Hall–Kier alpha value is -3.36. The first-order chi connectivity index (χ1) is 14.1. The predicted molar refractivity (Wildman–Crippen MR) is 107 cm³/mol. The average molecular weight is 417 g/mol. The lowest BCUT2D eigenvalue weighted by Crippen LogP contribution is -2.53. The quantitative estimate of drug-likeness (QED) is 0.550. The third-order valence-electron chi connectivity index (χ3n) is 4.62. The fraction of sp³-hybridized carbons (Fsp3) is 0.429. The van der Waals surface area contributed by atoms with Gasteiger partial charge in [0.05, 0.1) is 18.6 Å². The molecule has 0 saturated heterocycles. The summed E-state index contributed by atoms with van der Waals surface area (Å²) in [7, 11) is 0. The van der Waals surface area contributed by atoms with E-state index in [1.807, 2.05) is 6.92 Å². The summed E-state index contributed by atoms with van der Waals surface area (Å²) in [5.41, 5.74) is 1.38. The normalized spacial score (nSPS) is 11.9. The van der Waals surface area contributed by atoms with E-state index in [0.29, 0.717) is 23.3 Å². The number of ether oxygens (including phenoxy) is 1. The van der Waals surface area contributed by atoms with Crippen LogP contribution in [-0.4, -0.2) is 37.0 Å². The van der Waals surface area contributed by atoms with E-state index in [1.165, 1.54) is 6.07 Å². The van der Waals surface area contributed by atoms with Crippen LogP contribution < -0.4 is 26.1 Å². The second kappa shape index (κ2) is 9.91. The standard InChI is InChI=1S/C21H26N2O7/c1-5-13-8-18(26)30-20-12(4)15(7-6-14(13)20)29-10-17(25)22-9-16(24)23-19(11(2)3)21(27)28/h6-8,11,19H,5,9-10H2,1-4H3,(H,22,25)(H,23,24)(H,27,28)/p-1/t19-/m0/s1. The lowest BCUT2D eigenvalue weighted by molar-refractivity contribution is -0.309. The Morgan fingerprint density at radius 1 is 1.20 bits per heavy atom. The van der Waals surface area contributed by atoms with Crippen molar-refractivity contribution in [2.24, 2.45) is 5.92 Å². The number of nitrogens with one attached hydrogen (secondary N) is 2. The highest BCUT2D eigenvalue weighted by molar-refractivity contribution is 5.88. The van der Waals surface area contributed by atoms with Gasteiger partial charge in [0.15, 0.2) is 6.61 Å². The highest BCUT2D eigenvalue weighted by atomic mass is 16.5. The van der Waals surface area contributed by atoms with Crippen LogP contribution in [0.5, 0.6) is 5.75 Å². The zero-order chi connectivity index (χ0) is 22.4. The van der Waals surface area contributed by atoms with E-state index >= 15 is 0 Å². The largest absolute Gasteiger partial charge is 0.548 e. The van der Waals surface area contributed by atoms with E-state index in [-0.39, 0.29) is 12.5 Å². The number of carbonyl (C=O) groups excluding carboxylic acids is 3. The fourth-order valence-electron chi connectivity index (χ4n) is 2.95. The molecule has 9 heteroatoms. The van der Waals surface area contributed by atoms with Crippen LogP contribution in [0.1, 0.15) is 31.9 Å². The van der Waals surface area contributed by atoms with Crippen molar-refractivity contribution in [3.63, 3.8) is 0 Å². The first-order valence-electron chi connectivity index (χ1n) is 9.60. The smallest absolute Gasteiger partial charge is 0.336 e. The number of carboxylic acid groups (broad SMARTS) is 1. The number of carbonyl (C=O) groups is 3. The molecule has 0 spiro atoms. The Bertz CT molecular complexity index is 1010. The van der Waals surface area contributed by atoms with Gasteiger partial charge in [-0.2, -0.15) is 0 Å². The Morgan fingerprint density at radius 3 is 2.50 bits per heavy atom. The average Bonchev–Trinajstić information content (AvgIpc) is 2.69. The number of aliphatic carboxylic acids is 1. The Labute approximate surface area is 173 Å². The number of amides is 2. The van der Waals surface area contributed by atoms with Crippen molar-refractivity contribution in [1.82, 2.24) is 10.6 Å². The van der Waals surface area contributed by atoms with Gasteiger partial charge in [-0.3, -0.25) is 9.59 Å². The van der Waals surface area contributed by atoms with Gasteiger partial charge in [-0.05, 0) is 37.0 Å². The maximum atomic E-state index is 12.0. The van der Waals surface area contributed by atoms with Gasteiger partial charge < -0.3 is 29.7 Å². The summed E-state index contributed by atoms with van der Waals surface area (Å²) < 4.78 is 10.8. The van der Waals surface area contributed by atoms with Crippen molar-refractivity contribution in [2.45, 2.75) is 40.2 Å². The van der Waals surface area contributed by atoms with E-state index in [2.05, 4.69) is 10.6 Å². The van der Waals surface area contributed by atoms with Gasteiger partial charge in [0.2, 0.25) is 5.91 Å². The molecular weight excluding hydrogens is 392 g/mol. The molecule has 2 aromatic rings. The molecule has 0 aliphatic rings. The van der Waals surface area contributed by atoms with Gasteiger partial charge in [0, 0.05) is 17.0 Å². The van der Waals surface area contributed by atoms with Crippen LogP contribution in [0.3, 0.4) is 0 Å². The van der Waals surface area contributed by atoms with Crippen LogP contribution in [0.4, 0.5) is 0 Å². The van der Waals surface area contributed by atoms with Gasteiger partial charge >= 0.3 is 5.63 Å². The number of rotatable bonds is 9. The molecular formula is C21H25N2O7-. The molecule has 1 atom stereocenters. The number of aryl methyl sites for hydroxylation is 2. The first-order valence-corrected chi connectivity index (χ1v) is 9.60. The summed E-state index contributed by atoms with van der Waals surface area (Å²) in [5.74, 6) is -2.60. The maximum absolute atomic E-state index is 12.0. The second-order valence-electron chi connectivity index (χ2n) is 7.18. The molecule has 0 radical (unpaired) electrons. The molecule has 30 heavy (non-hydrogen) atoms. The second-order valence-corrected chi connectivity index (χ2v) is 7.18. The molecule has 162 valence electrons. The molecule has 2 N–H and O–H groups in total. The SMILES string of the molecule is CCc1cc(=O)oc2c(C)c(OCC(=O)NCC(=O)N[C@H](C(=O)[O-])C(C)C)ccc12. The number of hydrogen-bond donors (Lipinski definition) is 2. The molecule has 2 rings (SSSR count). The highest BCUT2D eigenvalue weighted by Gasteiger charge is 2.18. The lowest BCUT2D eigenvalue weighted by Gasteiger charge is -2.23. The minimum absolute atomic E-state index is 0.359. The monoisotopic (exact) mass is 417 g/mol. The number of hydrogen-bond acceptors (Lipinski definition) is 7. The predicted octanol–water partition coefficient (Wildman–Crippen LogP) is 0.0495. The summed E-state index contributed by atoms with van der Waals surface area (Å²) in [4.78, 5) is 46.6. The van der Waals surface area contributed by atoms with Crippen molar-refractivity contribution < 1.29 is 28.6 Å². The molecule has 0 unspecified atom stereocenters. The highest BCUT2D eigenvalue weighted by Crippen LogP contribution is 2.28. The molecule has 0 bridgehead atoms. The van der Waals surface area contributed by atoms with Crippen LogP contribution in [0.2, 0.25) is 0 Å². The van der Waals surface area contributed by atoms with Crippen molar-refractivity contribution in [3.05, 3.63) is 39.7 Å². The zero-order valence-electron chi connectivity index (χ0n) is 17.4. The maximum Gasteiger partial charge on any atom is 0.336 e. The minimum atomic E-state index is -1.39. The van der Waals surface area contributed by atoms with Crippen LogP contribution >= 0.6 is 0 Å². The lowest BCUT2D eigenvalue weighted by atomic mass is 10.0. The van der Waals surface area contributed by atoms with Crippen molar-refractivity contribution in [1.29, 1.82) is 0 Å². The van der Waals surface area contributed by atoms with Gasteiger partial charge in [-0.25, -0.2) is 4.79 Å². The van der Waals surface area contributed by atoms with E-state index in [0.717, 1.165) is 10.9 Å². The van der Waals surface area contributed by atoms with Gasteiger partial charge in [-0.15, -0.1) is 0 Å². The van der Waals surface area contributed by atoms with E-state index in [9.17, 15) is 24.3 Å². The van der Waals surface area contributed by atoms with Crippen LogP contribution in [-0.2, 0) is 20.8 Å². The van der Waals surface area contributed by atoms with Gasteiger partial charge in [-0.1, -0.05) is 20.8 Å². The number of carboxylic acids is 1. The van der Waals surface area contributed by atoms with Crippen LogP contribution in [0.25, 0.3) is 11.0 Å². The molecule has 0 aliphatic heterocycles. The van der Waals surface area contributed by atoms with Gasteiger partial charge in [0.1, 0.15) is 11.3 Å². The minimum Gasteiger partial charge on any atom is -0.548 e. The molecule has 2 amide bonds. The summed E-state index contributed by atoms with van der Waals surface area (Å²) in [5, 5.41) is 16.5. The van der Waals surface area contributed by atoms with Crippen molar-refractivity contribution in [3.8, 4) is 5.75 Å². The fourth-order valence-corrected chi connectivity index (χ4v) is 2.95. The van der Waals surface area contributed by atoms with Crippen LogP contribution in [0, 0.1) is 12.8 Å². The first kappa shape index (κ1) is 22.9. The van der Waals surface area contributed by atoms with E-state index in [4.69, 9.17) is 9.15 Å². The Morgan fingerprint density at radius 2 is 1.90 bits per heavy atom. The van der Waals surface area contributed by atoms with E-state index < -0.39 is 36.0 Å². The Kier molecular flexibility index (Phi) is 7.57. The molecule has 0 aliphatic carbocycles. The third kappa shape index (κ3) is 5.59. The molecule has 1 aromatic carbocycles. The van der Waals surface area contributed by atoms with E-state index in [1.54, 1.807) is 32.9 Å². The van der Waals surface area contributed by atoms with Crippen molar-refractivity contribution >= 4 is 28.8 Å². The summed E-state index contributed by atoms with van der Waals surface area (Å²) in [6.45, 7) is 6.15. The zero-order valence-corrected chi connectivity index (χ0v) is 17.4. The summed E-state index contributed by atoms with van der Waals surface area (Å²) in [6, 6.07) is 3.75. The number of fused-ring (bicyclic) bond motifs is 1. The van der Waals surface area contributed by atoms with Crippen molar-refractivity contribution in [2.75, 3.05) is 13.2 Å². The summed E-state index contributed by atoms with van der Waals surface area (Å²) in [6.07, 6.45) is 0.668. The molecule has 0 fully saturated rings.